The van der Waals surface area contributed by atoms with Gasteiger partial charge in [0.15, 0.2) is 0 Å². The van der Waals surface area contributed by atoms with Crippen LogP contribution in [0.15, 0.2) is 5.10 Å². The maximum absolute atomic E-state index is 11.0. The molecule has 94 valence electrons. The lowest BCUT2D eigenvalue weighted by Gasteiger charge is -2.56. The number of nitrogens with one attached hydrogen (secondary N) is 1. The number of carbonyl (C=O) groups is 1. The Morgan fingerprint density at radius 3 is 1.94 bits per heavy atom. The first kappa shape index (κ1) is 11.2. The van der Waals surface area contributed by atoms with Gasteiger partial charge in [-0.15, -0.1) is 0 Å². The molecule has 0 unspecified atom stereocenters. The predicted octanol–water partition coefficient (Wildman–Crippen LogP) is 2.71. The van der Waals surface area contributed by atoms with Crippen molar-refractivity contribution in [2.75, 3.05) is 0 Å². The van der Waals surface area contributed by atoms with Crippen LogP contribution in [0.25, 0.3) is 0 Å². The van der Waals surface area contributed by atoms with E-state index in [1.807, 2.05) is 0 Å². The molecule has 0 spiro atoms. The molecule has 0 aliphatic heterocycles. The molecule has 0 heterocycles. The number of hydrazone groups is 1. The van der Waals surface area contributed by atoms with Gasteiger partial charge in [0.25, 0.3) is 0 Å². The first-order valence-electron chi connectivity index (χ1n) is 6.89. The van der Waals surface area contributed by atoms with Crippen LogP contribution in [0.1, 0.15) is 52.4 Å². The van der Waals surface area contributed by atoms with Crippen molar-refractivity contribution in [3.63, 3.8) is 0 Å². The molecular formula is C14H22N2O. The van der Waals surface area contributed by atoms with Gasteiger partial charge in [0.05, 0.1) is 0 Å². The van der Waals surface area contributed by atoms with E-state index in [1.54, 1.807) is 0 Å². The zero-order valence-electron chi connectivity index (χ0n) is 10.8. The number of hydrogen-bond acceptors (Lipinski definition) is 2. The molecule has 4 saturated carbocycles. The van der Waals surface area contributed by atoms with Gasteiger partial charge in [-0.2, -0.15) is 5.10 Å². The van der Waals surface area contributed by atoms with Gasteiger partial charge in [0, 0.05) is 18.1 Å². The topological polar surface area (TPSA) is 41.5 Å². The summed E-state index contributed by atoms with van der Waals surface area (Å²) < 4.78 is 0. The summed E-state index contributed by atoms with van der Waals surface area (Å²) in [5.74, 6) is 2.74. The SMILES string of the molecule is CC(=O)N/N=C(/C)C12CC3CC(CC(C3)C1)C2. The lowest BCUT2D eigenvalue weighted by atomic mass is 9.48. The minimum absolute atomic E-state index is 0.0610. The van der Waals surface area contributed by atoms with Crippen molar-refractivity contribution >= 4 is 11.6 Å². The molecule has 0 atom stereocenters. The molecular weight excluding hydrogens is 212 g/mol. The highest BCUT2D eigenvalue weighted by Crippen LogP contribution is 2.60. The minimum Gasteiger partial charge on any atom is -0.274 e. The number of nitrogens with zero attached hydrogens (tertiary/aromatic N) is 1. The fraction of sp³-hybridized carbons (Fsp3) is 0.857. The smallest absolute Gasteiger partial charge is 0.236 e. The number of hydrogen-bond donors (Lipinski definition) is 1. The van der Waals surface area contributed by atoms with E-state index in [2.05, 4.69) is 17.5 Å². The molecule has 1 amide bonds. The van der Waals surface area contributed by atoms with Crippen LogP contribution in [0.5, 0.6) is 0 Å². The molecule has 0 aromatic rings. The normalized spacial score (nSPS) is 43.9. The number of rotatable bonds is 2. The first-order valence-corrected chi connectivity index (χ1v) is 6.89. The molecule has 0 radical (unpaired) electrons. The first-order chi connectivity index (χ1) is 8.07. The third-order valence-corrected chi connectivity index (χ3v) is 5.19. The van der Waals surface area contributed by atoms with Crippen LogP contribution in [0.2, 0.25) is 0 Å². The Kier molecular flexibility index (Phi) is 2.53. The van der Waals surface area contributed by atoms with Gasteiger partial charge in [-0.1, -0.05) is 0 Å². The van der Waals surface area contributed by atoms with Gasteiger partial charge in [0.2, 0.25) is 5.91 Å². The summed E-state index contributed by atoms with van der Waals surface area (Å²) in [6.45, 7) is 3.64. The molecule has 17 heavy (non-hydrogen) atoms. The van der Waals surface area contributed by atoms with Gasteiger partial charge >= 0.3 is 0 Å². The van der Waals surface area contributed by atoms with Crippen LogP contribution in [-0.4, -0.2) is 11.6 Å². The second kappa shape index (κ2) is 3.82. The summed E-state index contributed by atoms with van der Waals surface area (Å²) in [4.78, 5) is 11.0. The van der Waals surface area contributed by atoms with Gasteiger partial charge < -0.3 is 0 Å². The van der Waals surface area contributed by atoms with Crippen molar-refractivity contribution in [1.29, 1.82) is 0 Å². The van der Waals surface area contributed by atoms with E-state index in [0.29, 0.717) is 5.41 Å². The van der Waals surface area contributed by atoms with E-state index in [1.165, 1.54) is 51.2 Å². The number of amides is 1. The van der Waals surface area contributed by atoms with Crippen molar-refractivity contribution in [2.45, 2.75) is 52.4 Å². The second-order valence-electron chi connectivity index (χ2n) is 6.56. The third-order valence-electron chi connectivity index (χ3n) is 5.19. The van der Waals surface area contributed by atoms with Gasteiger partial charge in [-0.25, -0.2) is 5.43 Å². The Morgan fingerprint density at radius 2 is 1.53 bits per heavy atom. The Morgan fingerprint density at radius 1 is 1.06 bits per heavy atom. The Hall–Kier alpha value is -0.860. The molecule has 0 aromatic heterocycles. The highest BCUT2D eigenvalue weighted by Gasteiger charge is 2.52. The summed E-state index contributed by atoms with van der Waals surface area (Å²) in [7, 11) is 0. The molecule has 3 nitrogen and oxygen atoms in total. The monoisotopic (exact) mass is 234 g/mol. The van der Waals surface area contributed by atoms with Crippen molar-refractivity contribution in [1.82, 2.24) is 5.43 Å². The summed E-state index contributed by atoms with van der Waals surface area (Å²) in [6.07, 6.45) is 8.29. The van der Waals surface area contributed by atoms with Crippen molar-refractivity contribution in [3.05, 3.63) is 0 Å². The predicted molar refractivity (Wildman–Crippen MR) is 67.5 cm³/mol. The zero-order chi connectivity index (χ0) is 12.0. The van der Waals surface area contributed by atoms with Crippen LogP contribution in [0.3, 0.4) is 0 Å². The lowest BCUT2D eigenvalue weighted by Crippen LogP contribution is -2.49. The fourth-order valence-corrected chi connectivity index (χ4v) is 4.83. The highest BCUT2D eigenvalue weighted by molar-refractivity contribution is 5.89. The maximum Gasteiger partial charge on any atom is 0.236 e. The average Bonchev–Trinajstić information content (AvgIpc) is 2.23. The zero-order valence-corrected chi connectivity index (χ0v) is 10.8. The summed E-state index contributed by atoms with van der Waals surface area (Å²) in [5, 5.41) is 4.33. The molecule has 4 rings (SSSR count). The number of carbonyl (C=O) groups excluding carboxylic acids is 1. The fourth-order valence-electron chi connectivity index (χ4n) is 4.83. The molecule has 3 heteroatoms. The van der Waals surface area contributed by atoms with E-state index in [4.69, 9.17) is 0 Å². The quantitative estimate of drug-likeness (QED) is 0.579. The van der Waals surface area contributed by atoms with Crippen LogP contribution in [0.4, 0.5) is 0 Å². The average molecular weight is 234 g/mol. The van der Waals surface area contributed by atoms with Crippen LogP contribution >= 0.6 is 0 Å². The summed E-state index contributed by atoms with van der Waals surface area (Å²) in [5.41, 5.74) is 4.12. The molecule has 4 aliphatic carbocycles. The van der Waals surface area contributed by atoms with Gasteiger partial charge in [-0.05, 0) is 63.2 Å². The van der Waals surface area contributed by atoms with Gasteiger partial charge in [0.1, 0.15) is 0 Å². The second-order valence-corrected chi connectivity index (χ2v) is 6.56. The van der Waals surface area contributed by atoms with E-state index >= 15 is 0 Å². The standard InChI is InChI=1S/C14H22N2O/c1-9(15-16-10(2)17)14-6-11-3-12(7-14)5-13(4-11)8-14/h11-13H,3-8H2,1-2H3,(H,16,17)/b15-9-. The maximum atomic E-state index is 11.0. The van der Waals surface area contributed by atoms with E-state index in [0.717, 1.165) is 17.8 Å². The Labute approximate surface area is 103 Å². The molecule has 1 N–H and O–H groups in total. The van der Waals surface area contributed by atoms with E-state index in [-0.39, 0.29) is 5.91 Å². The molecule has 4 bridgehead atoms. The van der Waals surface area contributed by atoms with Crippen molar-refractivity contribution in [3.8, 4) is 0 Å². The van der Waals surface area contributed by atoms with Crippen LogP contribution < -0.4 is 5.43 Å². The third kappa shape index (κ3) is 1.90. The summed E-state index contributed by atoms with van der Waals surface area (Å²) in [6, 6.07) is 0. The lowest BCUT2D eigenvalue weighted by molar-refractivity contribution is -0.118. The largest absolute Gasteiger partial charge is 0.274 e. The minimum atomic E-state index is -0.0610. The van der Waals surface area contributed by atoms with E-state index in [9.17, 15) is 4.79 Å². The molecule has 4 fully saturated rings. The van der Waals surface area contributed by atoms with Crippen LogP contribution in [0, 0.1) is 23.2 Å². The highest BCUT2D eigenvalue weighted by atomic mass is 16.2. The van der Waals surface area contributed by atoms with Crippen molar-refractivity contribution < 1.29 is 4.79 Å². The van der Waals surface area contributed by atoms with Gasteiger partial charge in [-0.3, -0.25) is 4.79 Å². The van der Waals surface area contributed by atoms with Crippen LogP contribution in [-0.2, 0) is 4.79 Å². The van der Waals surface area contributed by atoms with E-state index < -0.39 is 0 Å². The summed E-state index contributed by atoms with van der Waals surface area (Å²) >= 11 is 0. The molecule has 0 aromatic carbocycles. The molecule has 0 saturated heterocycles. The van der Waals surface area contributed by atoms with Crippen molar-refractivity contribution in [2.24, 2.45) is 28.3 Å². The Balaban J connectivity index is 1.81. The Bertz CT molecular complexity index is 337. The molecule has 4 aliphatic rings.